The summed E-state index contributed by atoms with van der Waals surface area (Å²) in [6, 6.07) is 11.6. The summed E-state index contributed by atoms with van der Waals surface area (Å²) in [5.74, 6) is 0.416. The zero-order chi connectivity index (χ0) is 19.7. The molecule has 3 heterocycles. The van der Waals surface area contributed by atoms with Gasteiger partial charge in [0.1, 0.15) is 5.65 Å². The lowest BCUT2D eigenvalue weighted by Gasteiger charge is -2.05. The van der Waals surface area contributed by atoms with E-state index in [1.54, 1.807) is 30.8 Å². The number of ether oxygens (including phenoxy) is 1. The first-order valence-corrected chi connectivity index (χ1v) is 10.3. The molecule has 4 aromatic rings. The lowest BCUT2D eigenvalue weighted by Crippen LogP contribution is -2.04. The number of esters is 1. The van der Waals surface area contributed by atoms with Crippen molar-refractivity contribution in [2.24, 2.45) is 0 Å². The molecule has 0 saturated carbocycles. The Labute approximate surface area is 167 Å². The lowest BCUT2D eigenvalue weighted by atomic mass is 10.2. The highest BCUT2D eigenvalue weighted by Crippen LogP contribution is 2.27. The second kappa shape index (κ2) is 7.67. The molecule has 0 radical (unpaired) electrons. The molecule has 28 heavy (non-hydrogen) atoms. The average Bonchev–Trinajstić information content (AvgIpc) is 3.27. The number of hydrogen-bond donors (Lipinski definition) is 0. The van der Waals surface area contributed by atoms with Gasteiger partial charge in [-0.2, -0.15) is 0 Å². The van der Waals surface area contributed by atoms with Crippen LogP contribution in [0.5, 0.6) is 0 Å². The molecule has 0 aliphatic heterocycles. The summed E-state index contributed by atoms with van der Waals surface area (Å²) in [6.45, 7) is 7.14. The van der Waals surface area contributed by atoms with E-state index >= 15 is 0 Å². The molecule has 0 saturated heterocycles. The van der Waals surface area contributed by atoms with Crippen molar-refractivity contribution < 1.29 is 9.53 Å². The largest absolute Gasteiger partial charge is 0.462 e. The number of rotatable bonds is 6. The number of pyridine rings is 1. The zero-order valence-electron chi connectivity index (χ0n) is 16.2. The number of benzene rings is 1. The van der Waals surface area contributed by atoms with Gasteiger partial charge in [0.05, 0.1) is 28.9 Å². The van der Waals surface area contributed by atoms with Gasteiger partial charge in [0, 0.05) is 24.2 Å². The Kier molecular flexibility index (Phi) is 5.09. The van der Waals surface area contributed by atoms with Crippen molar-refractivity contribution in [1.82, 2.24) is 18.9 Å². The van der Waals surface area contributed by atoms with Gasteiger partial charge in [-0.05, 0) is 51.1 Å². The Balaban J connectivity index is 1.61. The molecule has 3 aromatic heterocycles. The minimum Gasteiger partial charge on any atom is -0.462 e. The Hall–Kier alpha value is -2.80. The zero-order valence-corrected chi connectivity index (χ0v) is 17.0. The number of hydrogen-bond acceptors (Lipinski definition) is 5. The first kappa shape index (κ1) is 18.6. The molecule has 0 spiro atoms. The maximum atomic E-state index is 12.0. The maximum Gasteiger partial charge on any atom is 0.338 e. The van der Waals surface area contributed by atoms with E-state index in [1.165, 1.54) is 0 Å². The number of aryl methyl sites for hydroxylation is 2. The Morgan fingerprint density at radius 3 is 2.79 bits per heavy atom. The molecule has 0 aliphatic carbocycles. The maximum absolute atomic E-state index is 12.0. The van der Waals surface area contributed by atoms with Crippen LogP contribution in [-0.4, -0.2) is 31.5 Å². The minimum atomic E-state index is -0.315. The molecule has 144 valence electrons. The number of aromatic nitrogens is 4. The molecule has 1 aromatic carbocycles. The summed E-state index contributed by atoms with van der Waals surface area (Å²) in [5, 5.41) is 0.923. The quantitative estimate of drug-likeness (QED) is 0.356. The Morgan fingerprint density at radius 1 is 1.18 bits per heavy atom. The van der Waals surface area contributed by atoms with E-state index in [2.05, 4.69) is 35.1 Å². The molecule has 0 aliphatic rings. The van der Waals surface area contributed by atoms with Crippen molar-refractivity contribution in [1.29, 1.82) is 0 Å². The number of carbonyl (C=O) groups excluding carboxylic acids is 1. The summed E-state index contributed by atoms with van der Waals surface area (Å²) in [4.78, 5) is 21.5. The fraction of sp³-hybridized carbons (Fsp3) is 0.286. The van der Waals surface area contributed by atoms with E-state index in [0.717, 1.165) is 45.5 Å². The second-order valence-electron chi connectivity index (χ2n) is 6.48. The van der Waals surface area contributed by atoms with Crippen molar-refractivity contribution in [3.63, 3.8) is 0 Å². The normalized spacial score (nSPS) is 11.4. The first-order valence-electron chi connectivity index (χ1n) is 9.34. The minimum absolute atomic E-state index is 0.315. The van der Waals surface area contributed by atoms with Crippen LogP contribution in [0.25, 0.3) is 16.7 Å². The third kappa shape index (κ3) is 3.38. The van der Waals surface area contributed by atoms with Crippen LogP contribution in [0, 0.1) is 6.92 Å². The smallest absolute Gasteiger partial charge is 0.338 e. The van der Waals surface area contributed by atoms with Gasteiger partial charge in [-0.15, -0.1) is 0 Å². The van der Waals surface area contributed by atoms with E-state index in [0.29, 0.717) is 12.2 Å². The first-order chi connectivity index (χ1) is 13.6. The van der Waals surface area contributed by atoms with Crippen LogP contribution < -0.4 is 0 Å². The van der Waals surface area contributed by atoms with Gasteiger partial charge in [0.25, 0.3) is 0 Å². The topological polar surface area (TPSA) is 61.4 Å². The second-order valence-corrected chi connectivity index (χ2v) is 7.42. The van der Waals surface area contributed by atoms with Gasteiger partial charge in [0.15, 0.2) is 5.16 Å². The van der Waals surface area contributed by atoms with Gasteiger partial charge < -0.3 is 13.7 Å². The van der Waals surface area contributed by atoms with E-state index in [4.69, 9.17) is 14.7 Å². The van der Waals surface area contributed by atoms with Gasteiger partial charge in [-0.1, -0.05) is 17.8 Å². The van der Waals surface area contributed by atoms with Gasteiger partial charge in [-0.25, -0.2) is 14.8 Å². The highest BCUT2D eigenvalue weighted by molar-refractivity contribution is 7.98. The Morgan fingerprint density at radius 2 is 2.04 bits per heavy atom. The van der Waals surface area contributed by atoms with Crippen LogP contribution in [0.2, 0.25) is 0 Å². The molecule has 7 heteroatoms. The average molecular weight is 395 g/mol. The monoisotopic (exact) mass is 394 g/mol. The van der Waals surface area contributed by atoms with Gasteiger partial charge in [-0.3, -0.25) is 0 Å². The van der Waals surface area contributed by atoms with Crippen molar-refractivity contribution in [3.05, 3.63) is 59.5 Å². The van der Waals surface area contributed by atoms with E-state index in [-0.39, 0.29) is 5.97 Å². The fourth-order valence-corrected chi connectivity index (χ4v) is 4.23. The van der Waals surface area contributed by atoms with Crippen molar-refractivity contribution in [3.8, 4) is 0 Å². The Bertz CT molecular complexity index is 1160. The van der Waals surface area contributed by atoms with Crippen molar-refractivity contribution in [2.45, 2.75) is 38.2 Å². The summed E-state index contributed by atoms with van der Waals surface area (Å²) < 4.78 is 9.36. The van der Waals surface area contributed by atoms with Gasteiger partial charge >= 0.3 is 5.97 Å². The number of nitrogens with zero attached hydrogens (tertiary/aromatic N) is 4. The van der Waals surface area contributed by atoms with Gasteiger partial charge in [0.2, 0.25) is 0 Å². The number of imidazole rings is 2. The SMILES string of the molecule is CCOC(=O)c1ccc2c(c1)nc(SCc1cn3c(C)cccc3n1)n2CC. The summed E-state index contributed by atoms with van der Waals surface area (Å²) in [7, 11) is 0. The third-order valence-electron chi connectivity index (χ3n) is 4.64. The van der Waals surface area contributed by atoms with Crippen molar-refractivity contribution >= 4 is 34.4 Å². The predicted octanol–water partition coefficient (Wildman–Crippen LogP) is 4.48. The summed E-state index contributed by atoms with van der Waals surface area (Å²) >= 11 is 1.66. The molecule has 6 nitrogen and oxygen atoms in total. The fourth-order valence-electron chi connectivity index (χ4n) is 3.27. The lowest BCUT2D eigenvalue weighted by molar-refractivity contribution is 0.0526. The van der Waals surface area contributed by atoms with E-state index < -0.39 is 0 Å². The summed E-state index contributed by atoms with van der Waals surface area (Å²) in [5.41, 5.74) is 5.49. The molecule has 0 fully saturated rings. The molecule has 0 unspecified atom stereocenters. The van der Waals surface area contributed by atoms with Crippen LogP contribution >= 0.6 is 11.8 Å². The summed E-state index contributed by atoms with van der Waals surface area (Å²) in [6.07, 6.45) is 2.08. The van der Waals surface area contributed by atoms with Crippen LogP contribution in [0.4, 0.5) is 0 Å². The van der Waals surface area contributed by atoms with Crippen LogP contribution in [-0.2, 0) is 17.0 Å². The highest BCUT2D eigenvalue weighted by Gasteiger charge is 2.14. The highest BCUT2D eigenvalue weighted by atomic mass is 32.2. The van der Waals surface area contributed by atoms with Crippen LogP contribution in [0.3, 0.4) is 0 Å². The molecule has 0 atom stereocenters. The molecule has 0 bridgehead atoms. The van der Waals surface area contributed by atoms with Crippen molar-refractivity contribution in [2.75, 3.05) is 6.61 Å². The predicted molar refractivity (Wildman–Crippen MR) is 111 cm³/mol. The van der Waals surface area contributed by atoms with Crippen LogP contribution in [0.1, 0.15) is 35.6 Å². The number of fused-ring (bicyclic) bond motifs is 2. The number of thioether (sulfide) groups is 1. The molecular weight excluding hydrogens is 372 g/mol. The standard InChI is InChI=1S/C21H22N4O2S/c1-4-24-18-10-9-15(20(26)27-5-2)11-17(18)23-21(24)28-13-16-12-25-14(3)7-6-8-19(25)22-16/h6-12H,4-5,13H2,1-3H3. The molecular formula is C21H22N4O2S. The number of carbonyl (C=O) groups is 1. The molecule has 0 amide bonds. The van der Waals surface area contributed by atoms with Crippen LogP contribution in [0.15, 0.2) is 47.8 Å². The molecule has 0 N–H and O–H groups in total. The molecule has 4 rings (SSSR count). The van der Waals surface area contributed by atoms with E-state index in [1.807, 2.05) is 18.2 Å². The third-order valence-corrected chi connectivity index (χ3v) is 5.65. The van der Waals surface area contributed by atoms with E-state index in [9.17, 15) is 4.79 Å².